The Morgan fingerprint density at radius 2 is 2.04 bits per heavy atom. The van der Waals surface area contributed by atoms with E-state index in [0.29, 0.717) is 11.2 Å². The Morgan fingerprint density at radius 3 is 2.58 bits per heavy atom. The molecule has 1 aromatic carbocycles. The van der Waals surface area contributed by atoms with Gasteiger partial charge in [-0.3, -0.25) is 19.7 Å². The van der Waals surface area contributed by atoms with Gasteiger partial charge in [-0.25, -0.2) is 14.7 Å². The maximum absolute atomic E-state index is 11.6. The van der Waals surface area contributed by atoms with E-state index < -0.39 is 22.5 Å². The van der Waals surface area contributed by atoms with Gasteiger partial charge in [-0.15, -0.1) is 0 Å². The SMILES string of the molecule is CC(=O)c1ccc(N(C(=O)O)c2ncccc2C=O)c([N+](=O)[O-])c1. The number of pyridine rings is 1. The molecule has 0 unspecified atom stereocenters. The van der Waals surface area contributed by atoms with E-state index in [9.17, 15) is 29.6 Å². The molecule has 1 aromatic heterocycles. The second-order valence-corrected chi connectivity index (χ2v) is 4.67. The molecule has 0 aliphatic rings. The van der Waals surface area contributed by atoms with E-state index in [-0.39, 0.29) is 22.6 Å². The third-order valence-corrected chi connectivity index (χ3v) is 3.17. The summed E-state index contributed by atoms with van der Waals surface area (Å²) >= 11 is 0. The summed E-state index contributed by atoms with van der Waals surface area (Å²) in [7, 11) is 0. The maximum atomic E-state index is 11.6. The van der Waals surface area contributed by atoms with Crippen molar-refractivity contribution in [2.45, 2.75) is 6.92 Å². The van der Waals surface area contributed by atoms with E-state index in [0.717, 1.165) is 12.1 Å². The summed E-state index contributed by atoms with van der Waals surface area (Å²) < 4.78 is 0. The molecule has 24 heavy (non-hydrogen) atoms. The minimum atomic E-state index is -1.56. The number of benzene rings is 1. The number of hydrogen-bond acceptors (Lipinski definition) is 6. The number of nitrogens with zero attached hydrogens (tertiary/aromatic N) is 3. The fraction of sp³-hybridized carbons (Fsp3) is 0.0667. The van der Waals surface area contributed by atoms with Crippen LogP contribution < -0.4 is 4.90 Å². The zero-order valence-electron chi connectivity index (χ0n) is 12.4. The number of nitro benzene ring substituents is 1. The zero-order valence-corrected chi connectivity index (χ0v) is 12.4. The highest BCUT2D eigenvalue weighted by atomic mass is 16.6. The average molecular weight is 329 g/mol. The Morgan fingerprint density at radius 1 is 1.33 bits per heavy atom. The van der Waals surface area contributed by atoms with Crippen LogP contribution in [0.25, 0.3) is 0 Å². The van der Waals surface area contributed by atoms with Gasteiger partial charge in [0.15, 0.2) is 17.9 Å². The van der Waals surface area contributed by atoms with E-state index in [2.05, 4.69) is 4.98 Å². The molecule has 1 N–H and O–H groups in total. The number of nitro groups is 1. The molecule has 0 aliphatic carbocycles. The summed E-state index contributed by atoms with van der Waals surface area (Å²) in [6, 6.07) is 6.15. The van der Waals surface area contributed by atoms with Crippen molar-refractivity contribution < 1.29 is 24.4 Å². The highest BCUT2D eigenvalue weighted by Gasteiger charge is 2.29. The molecule has 1 amide bonds. The number of ketones is 1. The molecule has 0 bridgehead atoms. The molecule has 9 heteroatoms. The topological polar surface area (TPSA) is 131 Å². The van der Waals surface area contributed by atoms with Crippen molar-refractivity contribution in [3.05, 3.63) is 57.8 Å². The normalized spacial score (nSPS) is 10.0. The lowest BCUT2D eigenvalue weighted by Crippen LogP contribution is -2.26. The minimum Gasteiger partial charge on any atom is -0.464 e. The number of anilines is 2. The van der Waals surface area contributed by atoms with Crippen LogP contribution in [-0.4, -0.2) is 33.2 Å². The lowest BCUT2D eigenvalue weighted by molar-refractivity contribution is -0.384. The van der Waals surface area contributed by atoms with Crippen molar-refractivity contribution in [3.8, 4) is 0 Å². The molecule has 0 radical (unpaired) electrons. The maximum Gasteiger partial charge on any atom is 0.417 e. The van der Waals surface area contributed by atoms with E-state index in [1.54, 1.807) is 0 Å². The number of carbonyl (C=O) groups is 3. The smallest absolute Gasteiger partial charge is 0.417 e. The minimum absolute atomic E-state index is 0.0511. The Bertz CT molecular complexity index is 849. The summed E-state index contributed by atoms with van der Waals surface area (Å²) in [6.07, 6.45) is 0.0951. The van der Waals surface area contributed by atoms with Crippen LogP contribution in [0.4, 0.5) is 22.0 Å². The van der Waals surface area contributed by atoms with Crippen LogP contribution in [0.1, 0.15) is 27.6 Å². The molecule has 2 rings (SSSR count). The fourth-order valence-electron chi connectivity index (χ4n) is 2.07. The van der Waals surface area contributed by atoms with E-state index >= 15 is 0 Å². The monoisotopic (exact) mass is 329 g/mol. The predicted octanol–water partition coefficient (Wildman–Crippen LogP) is 2.82. The van der Waals surface area contributed by atoms with Gasteiger partial charge in [0.2, 0.25) is 0 Å². The first-order chi connectivity index (χ1) is 11.4. The van der Waals surface area contributed by atoms with Crippen molar-refractivity contribution in [2.75, 3.05) is 4.90 Å². The first-order valence-corrected chi connectivity index (χ1v) is 6.59. The first kappa shape index (κ1) is 16.7. The summed E-state index contributed by atoms with van der Waals surface area (Å²) in [5, 5.41) is 20.8. The quantitative estimate of drug-likeness (QED) is 0.386. The van der Waals surface area contributed by atoms with Gasteiger partial charge in [0, 0.05) is 17.8 Å². The number of aromatic nitrogens is 1. The molecule has 122 valence electrons. The van der Waals surface area contributed by atoms with Gasteiger partial charge in [0.05, 0.1) is 10.5 Å². The second-order valence-electron chi connectivity index (χ2n) is 4.67. The Hall–Kier alpha value is -3.62. The molecule has 0 saturated heterocycles. The van der Waals surface area contributed by atoms with Crippen LogP contribution in [0.15, 0.2) is 36.5 Å². The highest BCUT2D eigenvalue weighted by molar-refractivity contribution is 6.02. The summed E-state index contributed by atoms with van der Waals surface area (Å²) in [4.78, 5) is 49.0. The van der Waals surface area contributed by atoms with Gasteiger partial charge in [-0.05, 0) is 31.2 Å². The van der Waals surface area contributed by atoms with Crippen LogP contribution in [0, 0.1) is 10.1 Å². The highest BCUT2D eigenvalue weighted by Crippen LogP contribution is 2.34. The number of amides is 1. The molecule has 0 atom stereocenters. The van der Waals surface area contributed by atoms with Gasteiger partial charge in [-0.2, -0.15) is 0 Å². The van der Waals surface area contributed by atoms with Crippen LogP contribution in [0.3, 0.4) is 0 Å². The summed E-state index contributed by atoms with van der Waals surface area (Å²) in [6.45, 7) is 1.23. The molecule has 1 heterocycles. The van der Waals surface area contributed by atoms with Gasteiger partial charge in [-0.1, -0.05) is 0 Å². The number of Topliss-reactive ketones (excluding diaryl/α,β-unsaturated/α-hetero) is 1. The number of carbonyl (C=O) groups excluding carboxylic acids is 2. The average Bonchev–Trinajstić information content (AvgIpc) is 2.55. The first-order valence-electron chi connectivity index (χ1n) is 6.59. The van der Waals surface area contributed by atoms with Crippen LogP contribution in [0.2, 0.25) is 0 Å². The number of aldehydes is 1. The van der Waals surface area contributed by atoms with Gasteiger partial charge in [0.1, 0.15) is 5.69 Å². The Kier molecular flexibility index (Phi) is 4.64. The molecule has 0 spiro atoms. The number of hydrogen-bond donors (Lipinski definition) is 1. The third-order valence-electron chi connectivity index (χ3n) is 3.17. The van der Waals surface area contributed by atoms with Gasteiger partial charge in [0.25, 0.3) is 5.69 Å². The molecule has 2 aromatic rings. The van der Waals surface area contributed by atoms with E-state index in [1.165, 1.54) is 31.3 Å². The molecule has 0 aliphatic heterocycles. The van der Waals surface area contributed by atoms with Crippen LogP contribution >= 0.6 is 0 Å². The molecular formula is C15H11N3O6. The lowest BCUT2D eigenvalue weighted by Gasteiger charge is -2.19. The van der Waals surface area contributed by atoms with Crippen molar-refractivity contribution in [1.82, 2.24) is 4.98 Å². The van der Waals surface area contributed by atoms with Crippen molar-refractivity contribution in [1.29, 1.82) is 0 Å². The van der Waals surface area contributed by atoms with Crippen molar-refractivity contribution in [3.63, 3.8) is 0 Å². The molecule has 0 fully saturated rings. The molecular weight excluding hydrogens is 318 g/mol. The Labute approximate surface area is 135 Å². The van der Waals surface area contributed by atoms with E-state index in [1.807, 2.05) is 0 Å². The second kappa shape index (κ2) is 6.65. The number of carboxylic acid groups (broad SMARTS) is 1. The summed E-state index contributed by atoms with van der Waals surface area (Å²) in [5.41, 5.74) is -0.899. The summed E-state index contributed by atoms with van der Waals surface area (Å²) in [5.74, 6) is -0.670. The third kappa shape index (κ3) is 3.09. The van der Waals surface area contributed by atoms with Crippen LogP contribution in [0.5, 0.6) is 0 Å². The van der Waals surface area contributed by atoms with Crippen LogP contribution in [-0.2, 0) is 0 Å². The van der Waals surface area contributed by atoms with Gasteiger partial charge >= 0.3 is 6.09 Å². The predicted molar refractivity (Wildman–Crippen MR) is 82.9 cm³/mol. The van der Waals surface area contributed by atoms with Gasteiger partial charge < -0.3 is 5.11 Å². The Balaban J connectivity index is 2.73. The van der Waals surface area contributed by atoms with E-state index in [4.69, 9.17) is 0 Å². The largest absolute Gasteiger partial charge is 0.464 e. The van der Waals surface area contributed by atoms with Crippen molar-refractivity contribution >= 4 is 35.4 Å². The fourth-order valence-corrected chi connectivity index (χ4v) is 2.07. The lowest BCUT2D eigenvalue weighted by atomic mass is 10.1. The molecule has 0 saturated carbocycles. The zero-order chi connectivity index (χ0) is 17.9. The molecule has 9 nitrogen and oxygen atoms in total. The standard InChI is InChI=1S/C15H11N3O6/c1-9(20)10-4-5-12(13(7-10)18(23)24)17(15(21)22)14-11(8-19)3-2-6-16-14/h2-8H,1H3,(H,21,22). The van der Waals surface area contributed by atoms with Crippen molar-refractivity contribution in [2.24, 2.45) is 0 Å². The number of rotatable bonds is 5.